The molecular formula is C11H15FN4O. The van der Waals surface area contributed by atoms with Gasteiger partial charge in [-0.05, 0) is 31.8 Å². The van der Waals surface area contributed by atoms with Gasteiger partial charge >= 0.3 is 0 Å². The maximum absolute atomic E-state index is 13.2. The molecule has 1 aliphatic rings. The predicted octanol–water partition coefficient (Wildman–Crippen LogP) is 1.45. The van der Waals surface area contributed by atoms with Crippen molar-refractivity contribution < 1.29 is 9.18 Å². The Morgan fingerprint density at radius 2 is 2.53 bits per heavy atom. The van der Waals surface area contributed by atoms with Crippen molar-refractivity contribution in [2.45, 2.75) is 25.4 Å². The Morgan fingerprint density at radius 1 is 1.82 bits per heavy atom. The highest BCUT2D eigenvalue weighted by molar-refractivity contribution is 5.98. The fraction of sp³-hybridized carbons (Fsp3) is 0.545. The normalized spacial score (nSPS) is 27.4. The second-order valence-electron chi connectivity index (χ2n) is 4.53. The highest BCUT2D eigenvalue weighted by Gasteiger charge is 2.49. The molecule has 1 aromatic heterocycles. The molecule has 1 fully saturated rings. The van der Waals surface area contributed by atoms with Crippen molar-refractivity contribution in [3.63, 3.8) is 0 Å². The summed E-state index contributed by atoms with van der Waals surface area (Å²) in [6.45, 7) is 1.59. The molecule has 0 spiro atoms. The minimum Gasteiger partial charge on any atom is -0.304 e. The fourth-order valence-electron chi connectivity index (χ4n) is 1.66. The molecule has 1 amide bonds. The molecule has 1 aliphatic carbocycles. The van der Waals surface area contributed by atoms with E-state index in [1.54, 1.807) is 20.0 Å². The van der Waals surface area contributed by atoms with E-state index in [0.717, 1.165) is 0 Å². The number of allylic oxidation sites excluding steroid dienone is 1. The van der Waals surface area contributed by atoms with Gasteiger partial charge in [-0.2, -0.15) is 9.90 Å². The second-order valence-corrected chi connectivity index (χ2v) is 4.53. The molecular weight excluding hydrogens is 223 g/mol. The largest absolute Gasteiger partial charge is 0.304 e. The molecule has 5 nitrogen and oxygen atoms in total. The van der Waals surface area contributed by atoms with Crippen LogP contribution >= 0.6 is 0 Å². The number of aromatic nitrogens is 3. The van der Waals surface area contributed by atoms with Gasteiger partial charge in [0.15, 0.2) is 5.82 Å². The first-order valence-corrected chi connectivity index (χ1v) is 5.50. The monoisotopic (exact) mass is 238 g/mol. The van der Waals surface area contributed by atoms with Crippen molar-refractivity contribution in [2.75, 3.05) is 5.32 Å². The van der Waals surface area contributed by atoms with Gasteiger partial charge in [-0.15, -0.1) is 5.10 Å². The molecule has 6 heteroatoms. The molecule has 1 aromatic rings. The lowest BCUT2D eigenvalue weighted by molar-refractivity contribution is -0.111. The topological polar surface area (TPSA) is 59.8 Å². The number of carbonyl (C=O) groups is 1. The molecule has 1 N–H and O–H groups in total. The number of aryl methyl sites for hydroxylation is 1. The van der Waals surface area contributed by atoms with Crippen LogP contribution in [0.25, 0.3) is 0 Å². The van der Waals surface area contributed by atoms with E-state index in [9.17, 15) is 9.18 Å². The minimum absolute atomic E-state index is 0.0584. The molecule has 2 rings (SSSR count). The van der Waals surface area contributed by atoms with Gasteiger partial charge in [0, 0.05) is 7.05 Å². The molecule has 2 unspecified atom stereocenters. The molecule has 0 aromatic carbocycles. The van der Waals surface area contributed by atoms with Gasteiger partial charge in [0.05, 0.1) is 6.20 Å². The van der Waals surface area contributed by atoms with E-state index < -0.39 is 5.67 Å². The van der Waals surface area contributed by atoms with E-state index >= 15 is 0 Å². The number of hydrogen-bond acceptors (Lipinski definition) is 3. The SMILES string of the molecule is Cn1ncc(NC(=O)/C=C/CC2CC2(C)F)n1. The average Bonchev–Trinajstić information content (AvgIpc) is 2.64. The summed E-state index contributed by atoms with van der Waals surface area (Å²) in [6, 6.07) is 0. The fourth-order valence-corrected chi connectivity index (χ4v) is 1.66. The molecule has 1 saturated carbocycles. The molecule has 0 bridgehead atoms. The molecule has 2 atom stereocenters. The van der Waals surface area contributed by atoms with Crippen LogP contribution in [-0.2, 0) is 11.8 Å². The van der Waals surface area contributed by atoms with Crippen LogP contribution < -0.4 is 5.32 Å². The summed E-state index contributed by atoms with van der Waals surface area (Å²) in [7, 11) is 1.67. The third kappa shape index (κ3) is 3.12. The van der Waals surface area contributed by atoms with Crippen LogP contribution in [0.15, 0.2) is 18.3 Å². The minimum atomic E-state index is -1.04. The first kappa shape index (κ1) is 11.8. The van der Waals surface area contributed by atoms with Crippen LogP contribution in [0.5, 0.6) is 0 Å². The van der Waals surface area contributed by atoms with E-state index in [1.807, 2.05) is 0 Å². The number of nitrogens with zero attached hydrogens (tertiary/aromatic N) is 3. The number of anilines is 1. The summed E-state index contributed by atoms with van der Waals surface area (Å²) in [6.07, 6.45) is 5.75. The quantitative estimate of drug-likeness (QED) is 0.807. The van der Waals surface area contributed by atoms with Crippen LogP contribution in [0.4, 0.5) is 10.2 Å². The Labute approximate surface area is 98.7 Å². The second kappa shape index (κ2) is 4.27. The summed E-state index contributed by atoms with van der Waals surface area (Å²) < 4.78 is 13.2. The van der Waals surface area contributed by atoms with E-state index in [-0.39, 0.29) is 11.8 Å². The van der Waals surface area contributed by atoms with Gasteiger partial charge in [0.25, 0.3) is 0 Å². The number of alkyl halides is 1. The Morgan fingerprint density at radius 3 is 3.06 bits per heavy atom. The van der Waals surface area contributed by atoms with Crippen LogP contribution in [0, 0.1) is 5.92 Å². The number of hydrogen-bond donors (Lipinski definition) is 1. The number of rotatable bonds is 4. The smallest absolute Gasteiger partial charge is 0.249 e. The third-order valence-corrected chi connectivity index (χ3v) is 2.88. The van der Waals surface area contributed by atoms with E-state index in [0.29, 0.717) is 18.7 Å². The first-order chi connectivity index (χ1) is 7.97. The first-order valence-electron chi connectivity index (χ1n) is 5.50. The molecule has 0 saturated heterocycles. The van der Waals surface area contributed by atoms with Gasteiger partial charge in [-0.25, -0.2) is 4.39 Å². The molecule has 17 heavy (non-hydrogen) atoms. The Hall–Kier alpha value is -1.72. The van der Waals surface area contributed by atoms with Gasteiger partial charge in [-0.1, -0.05) is 6.08 Å². The van der Waals surface area contributed by atoms with Crippen molar-refractivity contribution in [1.29, 1.82) is 0 Å². The van der Waals surface area contributed by atoms with Crippen LogP contribution in [0.1, 0.15) is 19.8 Å². The summed E-state index contributed by atoms with van der Waals surface area (Å²) in [5, 5.41) is 10.3. The Kier molecular flexibility index (Phi) is 2.95. The highest BCUT2D eigenvalue weighted by atomic mass is 19.1. The summed E-state index contributed by atoms with van der Waals surface area (Å²) in [5.41, 5.74) is -1.04. The molecule has 92 valence electrons. The van der Waals surface area contributed by atoms with Crippen molar-refractivity contribution in [2.24, 2.45) is 13.0 Å². The average molecular weight is 238 g/mol. The van der Waals surface area contributed by atoms with Crippen molar-refractivity contribution in [1.82, 2.24) is 15.0 Å². The van der Waals surface area contributed by atoms with Crippen LogP contribution in [0.2, 0.25) is 0 Å². The summed E-state index contributed by atoms with van der Waals surface area (Å²) in [5.74, 6) is 0.193. The molecule has 0 radical (unpaired) electrons. The van der Waals surface area contributed by atoms with Gasteiger partial charge < -0.3 is 5.32 Å². The van der Waals surface area contributed by atoms with Crippen LogP contribution in [0.3, 0.4) is 0 Å². The highest BCUT2D eigenvalue weighted by Crippen LogP contribution is 2.48. The van der Waals surface area contributed by atoms with E-state index in [4.69, 9.17) is 0 Å². The van der Waals surface area contributed by atoms with E-state index in [1.165, 1.54) is 17.1 Å². The Balaban J connectivity index is 1.76. The van der Waals surface area contributed by atoms with Crippen LogP contribution in [-0.4, -0.2) is 26.6 Å². The number of nitrogens with one attached hydrogen (secondary N) is 1. The van der Waals surface area contributed by atoms with Gasteiger partial charge in [0.1, 0.15) is 5.67 Å². The molecule has 1 heterocycles. The van der Waals surface area contributed by atoms with Crippen molar-refractivity contribution in [3.8, 4) is 0 Å². The maximum Gasteiger partial charge on any atom is 0.249 e. The number of amides is 1. The van der Waals surface area contributed by atoms with Gasteiger partial charge in [-0.3, -0.25) is 4.79 Å². The zero-order chi connectivity index (χ0) is 12.5. The number of halogens is 1. The lowest BCUT2D eigenvalue weighted by atomic mass is 10.2. The Bertz CT molecular complexity index is 452. The van der Waals surface area contributed by atoms with Crippen molar-refractivity contribution in [3.05, 3.63) is 18.3 Å². The third-order valence-electron chi connectivity index (χ3n) is 2.88. The van der Waals surface area contributed by atoms with Crippen molar-refractivity contribution >= 4 is 11.7 Å². The summed E-state index contributed by atoms with van der Waals surface area (Å²) in [4.78, 5) is 12.8. The lowest BCUT2D eigenvalue weighted by Gasteiger charge is -1.96. The van der Waals surface area contributed by atoms with E-state index in [2.05, 4.69) is 15.5 Å². The summed E-state index contributed by atoms with van der Waals surface area (Å²) >= 11 is 0. The maximum atomic E-state index is 13.2. The number of carbonyl (C=O) groups excluding carboxylic acids is 1. The zero-order valence-electron chi connectivity index (χ0n) is 9.85. The zero-order valence-corrected chi connectivity index (χ0v) is 9.85. The van der Waals surface area contributed by atoms with Gasteiger partial charge in [0.2, 0.25) is 5.91 Å². The standard InChI is InChI=1S/C11H15FN4O/c1-11(12)6-8(11)4-3-5-10(17)14-9-7-13-16(2)15-9/h3,5,7-8H,4,6H2,1-2H3,(H,14,15,17)/b5-3+. The lowest BCUT2D eigenvalue weighted by Crippen LogP contribution is -2.08. The molecule has 0 aliphatic heterocycles. The predicted molar refractivity (Wildman–Crippen MR) is 61.0 cm³/mol.